The van der Waals surface area contributed by atoms with Gasteiger partial charge in [-0.3, -0.25) is 0 Å². The second-order valence-corrected chi connectivity index (χ2v) is 6.71. The lowest BCUT2D eigenvalue weighted by atomic mass is 10.1. The van der Waals surface area contributed by atoms with Crippen LogP contribution in [-0.4, -0.2) is 37.4 Å². The van der Waals surface area contributed by atoms with E-state index in [1.165, 1.54) is 0 Å². The summed E-state index contributed by atoms with van der Waals surface area (Å²) < 4.78 is 5.37. The smallest absolute Gasteiger partial charge is 0.408 e. The first-order valence-electron chi connectivity index (χ1n) is 7.92. The Hall–Kier alpha value is -1.59. The molecule has 1 fully saturated rings. The third kappa shape index (κ3) is 5.66. The molecule has 1 saturated heterocycles. The normalized spacial score (nSPS) is 19.7. The van der Waals surface area contributed by atoms with Gasteiger partial charge in [0.1, 0.15) is 5.60 Å². The number of rotatable bonds is 5. The molecule has 0 aromatic heterocycles. The Morgan fingerprint density at radius 1 is 1.36 bits per heavy atom. The van der Waals surface area contributed by atoms with Crippen LogP contribution in [0.25, 0.3) is 0 Å². The van der Waals surface area contributed by atoms with Crippen molar-refractivity contribution in [2.45, 2.75) is 44.9 Å². The lowest BCUT2D eigenvalue weighted by molar-refractivity contribution is 0.0502. The first kappa shape index (κ1) is 16.8. The van der Waals surface area contributed by atoms with E-state index in [9.17, 15) is 4.79 Å². The van der Waals surface area contributed by atoms with Gasteiger partial charge < -0.3 is 20.7 Å². The third-order valence-corrected chi connectivity index (χ3v) is 3.56. The summed E-state index contributed by atoms with van der Waals surface area (Å²) in [5.41, 5.74) is 0.584. The molecule has 122 valence electrons. The highest BCUT2D eigenvalue weighted by molar-refractivity contribution is 5.68. The minimum atomic E-state index is -0.492. The number of alkyl carbamates (subject to hydrolysis) is 1. The Morgan fingerprint density at radius 3 is 2.68 bits per heavy atom. The van der Waals surface area contributed by atoms with E-state index in [1.807, 2.05) is 51.1 Å². The number of carbonyl (C=O) groups is 1. The largest absolute Gasteiger partial charge is 0.444 e. The second-order valence-electron chi connectivity index (χ2n) is 6.71. The van der Waals surface area contributed by atoms with Gasteiger partial charge in [0.05, 0.1) is 6.04 Å². The quantitative estimate of drug-likeness (QED) is 0.780. The predicted octanol–water partition coefficient (Wildman–Crippen LogP) is 2.20. The van der Waals surface area contributed by atoms with Gasteiger partial charge in [-0.1, -0.05) is 30.3 Å². The molecule has 1 heterocycles. The van der Waals surface area contributed by atoms with E-state index in [0.717, 1.165) is 25.1 Å². The highest BCUT2D eigenvalue weighted by atomic mass is 16.6. The van der Waals surface area contributed by atoms with Crippen molar-refractivity contribution >= 4 is 6.09 Å². The molecular weight excluding hydrogens is 278 g/mol. The van der Waals surface area contributed by atoms with Crippen LogP contribution in [0.4, 0.5) is 4.79 Å². The fourth-order valence-electron chi connectivity index (χ4n) is 2.50. The van der Waals surface area contributed by atoms with Crippen LogP contribution >= 0.6 is 0 Å². The molecule has 2 unspecified atom stereocenters. The first-order chi connectivity index (χ1) is 10.4. The van der Waals surface area contributed by atoms with Crippen molar-refractivity contribution in [2.75, 3.05) is 19.6 Å². The van der Waals surface area contributed by atoms with E-state index in [2.05, 4.69) is 16.0 Å². The average Bonchev–Trinajstić information content (AvgIpc) is 2.95. The van der Waals surface area contributed by atoms with Crippen LogP contribution in [-0.2, 0) is 4.74 Å². The molecule has 0 aliphatic carbocycles. The Morgan fingerprint density at radius 2 is 2.09 bits per heavy atom. The number of carbonyl (C=O) groups excluding carboxylic acids is 1. The van der Waals surface area contributed by atoms with E-state index in [4.69, 9.17) is 4.74 Å². The summed E-state index contributed by atoms with van der Waals surface area (Å²) in [6.07, 6.45) is 0.737. The molecular formula is C17H27N3O2. The topological polar surface area (TPSA) is 62.4 Å². The van der Waals surface area contributed by atoms with Gasteiger partial charge in [0.15, 0.2) is 0 Å². The highest BCUT2D eigenvalue weighted by Crippen LogP contribution is 2.14. The van der Waals surface area contributed by atoms with Crippen molar-refractivity contribution in [1.29, 1.82) is 0 Å². The summed E-state index contributed by atoms with van der Waals surface area (Å²) in [6.45, 7) is 8.32. The maximum atomic E-state index is 12.1. The molecule has 1 aromatic carbocycles. The molecule has 22 heavy (non-hydrogen) atoms. The monoisotopic (exact) mass is 305 g/mol. The van der Waals surface area contributed by atoms with Gasteiger partial charge in [0.2, 0.25) is 0 Å². The summed E-state index contributed by atoms with van der Waals surface area (Å²) in [5.74, 6) is 0. The Balaban J connectivity index is 1.96. The van der Waals surface area contributed by atoms with Crippen LogP contribution in [0.1, 0.15) is 38.8 Å². The number of amides is 1. The zero-order valence-electron chi connectivity index (χ0n) is 13.7. The molecule has 1 aromatic rings. The predicted molar refractivity (Wildman–Crippen MR) is 87.8 cm³/mol. The molecule has 5 heteroatoms. The maximum Gasteiger partial charge on any atom is 0.408 e. The maximum absolute atomic E-state index is 12.1. The molecule has 1 aliphatic heterocycles. The van der Waals surface area contributed by atoms with Crippen LogP contribution < -0.4 is 16.0 Å². The fourth-order valence-corrected chi connectivity index (χ4v) is 2.50. The summed E-state index contributed by atoms with van der Waals surface area (Å²) >= 11 is 0. The highest BCUT2D eigenvalue weighted by Gasteiger charge is 2.22. The fraction of sp³-hybridized carbons (Fsp3) is 0.588. The summed E-state index contributed by atoms with van der Waals surface area (Å²) in [7, 11) is 0. The number of ether oxygens (including phenoxy) is 1. The number of hydrogen-bond donors (Lipinski definition) is 3. The number of nitrogens with one attached hydrogen (secondary N) is 3. The van der Waals surface area contributed by atoms with Crippen LogP contribution in [0.15, 0.2) is 30.3 Å². The molecule has 2 rings (SSSR count). The number of hydrogen-bond acceptors (Lipinski definition) is 4. The van der Waals surface area contributed by atoms with Crippen molar-refractivity contribution in [3.8, 4) is 0 Å². The van der Waals surface area contributed by atoms with Crippen LogP contribution in [0.5, 0.6) is 0 Å². The van der Waals surface area contributed by atoms with E-state index in [-0.39, 0.29) is 12.1 Å². The van der Waals surface area contributed by atoms with Crippen molar-refractivity contribution in [3.63, 3.8) is 0 Å². The van der Waals surface area contributed by atoms with Crippen molar-refractivity contribution < 1.29 is 9.53 Å². The Bertz CT molecular complexity index is 465. The van der Waals surface area contributed by atoms with Crippen molar-refractivity contribution in [1.82, 2.24) is 16.0 Å². The molecule has 5 nitrogen and oxygen atoms in total. The summed E-state index contributed by atoms with van der Waals surface area (Å²) in [4.78, 5) is 12.1. The molecule has 0 bridgehead atoms. The van der Waals surface area contributed by atoms with Gasteiger partial charge in [-0.15, -0.1) is 0 Å². The van der Waals surface area contributed by atoms with Gasteiger partial charge >= 0.3 is 6.09 Å². The van der Waals surface area contributed by atoms with E-state index in [0.29, 0.717) is 12.6 Å². The van der Waals surface area contributed by atoms with Gasteiger partial charge in [0, 0.05) is 19.1 Å². The zero-order chi connectivity index (χ0) is 16.0. The van der Waals surface area contributed by atoms with Crippen LogP contribution in [0.2, 0.25) is 0 Å². The summed E-state index contributed by atoms with van der Waals surface area (Å²) in [6, 6.07) is 10.4. The summed E-state index contributed by atoms with van der Waals surface area (Å²) in [5, 5.41) is 9.82. The molecule has 0 saturated carbocycles. The lowest BCUT2D eigenvalue weighted by Gasteiger charge is -2.25. The van der Waals surface area contributed by atoms with E-state index >= 15 is 0 Å². The lowest BCUT2D eigenvalue weighted by Crippen LogP contribution is -2.42. The Kier molecular flexibility index (Phi) is 5.80. The van der Waals surface area contributed by atoms with Crippen molar-refractivity contribution in [2.24, 2.45) is 0 Å². The van der Waals surface area contributed by atoms with Gasteiger partial charge in [0.25, 0.3) is 0 Å². The molecule has 1 aliphatic rings. The Labute approximate surface area is 132 Å². The van der Waals surface area contributed by atoms with Crippen LogP contribution in [0, 0.1) is 0 Å². The standard InChI is InChI=1S/C17H27N3O2/c1-17(2,3)22-16(21)20-15(13-7-5-4-6-8-13)12-19-14-9-10-18-11-14/h4-8,14-15,18-19H,9-12H2,1-3H3,(H,20,21). The number of benzene rings is 1. The van der Waals surface area contributed by atoms with E-state index in [1.54, 1.807) is 0 Å². The van der Waals surface area contributed by atoms with Gasteiger partial charge in [-0.25, -0.2) is 4.79 Å². The van der Waals surface area contributed by atoms with E-state index < -0.39 is 5.60 Å². The minimum Gasteiger partial charge on any atom is -0.444 e. The molecule has 2 atom stereocenters. The SMILES string of the molecule is CC(C)(C)OC(=O)NC(CNC1CCNC1)c1ccccc1. The van der Waals surface area contributed by atoms with Gasteiger partial charge in [-0.2, -0.15) is 0 Å². The minimum absolute atomic E-state index is 0.100. The zero-order valence-corrected chi connectivity index (χ0v) is 13.7. The third-order valence-electron chi connectivity index (χ3n) is 3.56. The van der Waals surface area contributed by atoms with Gasteiger partial charge in [-0.05, 0) is 39.3 Å². The average molecular weight is 305 g/mol. The van der Waals surface area contributed by atoms with Crippen molar-refractivity contribution in [3.05, 3.63) is 35.9 Å². The van der Waals surface area contributed by atoms with Crippen LogP contribution in [0.3, 0.4) is 0 Å². The first-order valence-corrected chi connectivity index (χ1v) is 7.92. The molecule has 0 radical (unpaired) electrons. The molecule has 1 amide bonds. The molecule has 0 spiro atoms. The second kappa shape index (κ2) is 7.61. The molecule has 3 N–H and O–H groups in total.